The molecule has 2 amide bonds. The second kappa shape index (κ2) is 11.9. The average Bonchev–Trinajstić information content (AvgIpc) is 2.51. The number of carbonyl (C=O) groups excluding carboxylic acids is 4. The van der Waals surface area contributed by atoms with Crippen molar-refractivity contribution in [3.63, 3.8) is 0 Å². The highest BCUT2D eigenvalue weighted by Crippen LogP contribution is 2.04. The zero-order valence-corrected chi connectivity index (χ0v) is 14.7. The van der Waals surface area contributed by atoms with Gasteiger partial charge in [-0.05, 0) is 27.8 Å². The molecule has 0 unspecified atom stereocenters. The number of amides is 2. The van der Waals surface area contributed by atoms with Crippen LogP contribution in [-0.2, 0) is 23.9 Å². The van der Waals surface area contributed by atoms with E-state index in [4.69, 9.17) is 4.74 Å². The Morgan fingerprint density at radius 1 is 1.09 bits per heavy atom. The highest BCUT2D eigenvalue weighted by Gasteiger charge is 2.19. The van der Waals surface area contributed by atoms with Gasteiger partial charge in [-0.25, -0.2) is 0 Å². The minimum Gasteiger partial charge on any atom is -0.466 e. The van der Waals surface area contributed by atoms with Crippen molar-refractivity contribution < 1.29 is 23.9 Å². The molecule has 0 radical (unpaired) electrons. The van der Waals surface area contributed by atoms with Crippen molar-refractivity contribution in [2.24, 2.45) is 0 Å². The lowest BCUT2D eigenvalue weighted by atomic mass is 10.2. The van der Waals surface area contributed by atoms with Crippen LogP contribution in [0.1, 0.15) is 27.2 Å². The normalized spacial score (nSPS) is 12.9. The van der Waals surface area contributed by atoms with Crippen molar-refractivity contribution in [3.8, 4) is 0 Å². The molecule has 2 atom stereocenters. The summed E-state index contributed by atoms with van der Waals surface area (Å²) in [6.07, 6.45) is 0.145. The molecule has 0 aromatic heterocycles. The Hall–Kier alpha value is -1.61. The first-order valence-electron chi connectivity index (χ1n) is 7.38. The fourth-order valence-corrected chi connectivity index (χ4v) is 2.05. The Kier molecular flexibility index (Phi) is 11.1. The van der Waals surface area contributed by atoms with Crippen molar-refractivity contribution in [1.82, 2.24) is 16.0 Å². The first kappa shape index (κ1) is 21.4. The molecule has 0 saturated carbocycles. The highest BCUT2D eigenvalue weighted by molar-refractivity contribution is 8.13. The van der Waals surface area contributed by atoms with Crippen LogP contribution >= 0.6 is 11.8 Å². The maximum Gasteiger partial charge on any atom is 0.306 e. The Bertz CT molecular complexity index is 431. The monoisotopic (exact) mass is 347 g/mol. The van der Waals surface area contributed by atoms with Gasteiger partial charge < -0.3 is 20.7 Å². The van der Waals surface area contributed by atoms with Gasteiger partial charge in [0.25, 0.3) is 0 Å². The van der Waals surface area contributed by atoms with Gasteiger partial charge in [0.2, 0.25) is 16.9 Å². The third kappa shape index (κ3) is 9.90. The van der Waals surface area contributed by atoms with Crippen LogP contribution < -0.4 is 16.0 Å². The Balaban J connectivity index is 3.97. The molecule has 0 aliphatic rings. The lowest BCUT2D eigenvalue weighted by Crippen LogP contribution is -2.50. The van der Waals surface area contributed by atoms with Crippen LogP contribution in [-0.4, -0.2) is 60.9 Å². The quantitative estimate of drug-likeness (QED) is 0.453. The van der Waals surface area contributed by atoms with Gasteiger partial charge in [-0.1, -0.05) is 11.8 Å². The molecular weight excluding hydrogens is 322 g/mol. The number of nitrogens with one attached hydrogen (secondary N) is 3. The lowest BCUT2D eigenvalue weighted by Gasteiger charge is -2.16. The maximum absolute atomic E-state index is 11.8. The van der Waals surface area contributed by atoms with E-state index < -0.39 is 18.0 Å². The van der Waals surface area contributed by atoms with Crippen LogP contribution in [0.25, 0.3) is 0 Å². The van der Waals surface area contributed by atoms with Crippen LogP contribution in [0.3, 0.4) is 0 Å². The molecule has 0 fully saturated rings. The molecular formula is C14H25N3O5S. The summed E-state index contributed by atoms with van der Waals surface area (Å²) in [4.78, 5) is 46.1. The highest BCUT2D eigenvalue weighted by atomic mass is 32.2. The van der Waals surface area contributed by atoms with Crippen molar-refractivity contribution >= 4 is 34.7 Å². The predicted molar refractivity (Wildman–Crippen MR) is 87.9 cm³/mol. The molecule has 132 valence electrons. The van der Waals surface area contributed by atoms with Crippen molar-refractivity contribution in [2.45, 2.75) is 39.3 Å². The van der Waals surface area contributed by atoms with E-state index >= 15 is 0 Å². The molecule has 8 nitrogen and oxygen atoms in total. The Morgan fingerprint density at radius 2 is 1.74 bits per heavy atom. The van der Waals surface area contributed by atoms with Crippen LogP contribution in [0.5, 0.6) is 0 Å². The van der Waals surface area contributed by atoms with Crippen LogP contribution in [0, 0.1) is 0 Å². The minimum atomic E-state index is -0.740. The summed E-state index contributed by atoms with van der Waals surface area (Å²) in [7, 11) is 1.64. The van der Waals surface area contributed by atoms with Crippen LogP contribution in [0.2, 0.25) is 0 Å². The molecule has 0 aromatic rings. The number of hydrogen-bond acceptors (Lipinski definition) is 7. The van der Waals surface area contributed by atoms with Gasteiger partial charge in [-0.15, -0.1) is 0 Å². The van der Waals surface area contributed by atoms with E-state index in [1.165, 1.54) is 6.92 Å². The Morgan fingerprint density at radius 3 is 2.30 bits per heavy atom. The molecule has 0 saturated heterocycles. The van der Waals surface area contributed by atoms with Crippen molar-refractivity contribution in [1.29, 1.82) is 0 Å². The molecule has 0 rings (SSSR count). The van der Waals surface area contributed by atoms with Crippen LogP contribution in [0.4, 0.5) is 0 Å². The molecule has 0 aliphatic carbocycles. The molecule has 3 N–H and O–H groups in total. The SMILES string of the molecule is CCOC(=O)CCSC(=O)CNC(=O)[C@H](C)NC(=O)[C@H](C)NC. The van der Waals surface area contributed by atoms with Gasteiger partial charge in [-0.3, -0.25) is 19.2 Å². The second-order valence-corrected chi connectivity index (χ2v) is 5.89. The zero-order chi connectivity index (χ0) is 17.8. The van der Waals surface area contributed by atoms with Crippen molar-refractivity contribution in [2.75, 3.05) is 26.0 Å². The van der Waals surface area contributed by atoms with Gasteiger partial charge in [0.15, 0.2) is 0 Å². The molecule has 23 heavy (non-hydrogen) atoms. The predicted octanol–water partition coefficient (Wildman–Crippen LogP) is -0.572. The molecule has 9 heteroatoms. The minimum absolute atomic E-state index is 0.145. The summed E-state index contributed by atoms with van der Waals surface area (Å²) < 4.78 is 4.74. The molecule has 0 spiro atoms. The molecule has 0 aliphatic heterocycles. The number of rotatable bonds is 10. The van der Waals surface area contributed by atoms with E-state index in [2.05, 4.69) is 16.0 Å². The summed E-state index contributed by atoms with van der Waals surface area (Å²) in [6.45, 7) is 5.07. The zero-order valence-electron chi connectivity index (χ0n) is 13.9. The largest absolute Gasteiger partial charge is 0.466 e. The molecule has 0 aromatic carbocycles. The summed E-state index contributed by atoms with van der Waals surface area (Å²) in [5.74, 6) is -0.794. The smallest absolute Gasteiger partial charge is 0.306 e. The van der Waals surface area contributed by atoms with Gasteiger partial charge in [0.05, 0.1) is 25.6 Å². The van der Waals surface area contributed by atoms with Gasteiger partial charge in [0.1, 0.15) is 6.04 Å². The summed E-state index contributed by atoms with van der Waals surface area (Å²) in [5, 5.41) is 7.48. The standard InChI is InChI=1S/C14H25N3O5S/c1-5-22-11(18)6-7-23-12(19)8-16-13(20)10(3)17-14(21)9(2)15-4/h9-10,15H,5-8H2,1-4H3,(H,16,20)(H,17,21)/t9-,10-/m0/s1. The van der Waals surface area contributed by atoms with Crippen molar-refractivity contribution in [3.05, 3.63) is 0 Å². The van der Waals surface area contributed by atoms with E-state index in [-0.39, 0.29) is 30.0 Å². The number of likely N-dealkylation sites (N-methyl/N-ethyl adjacent to an activating group) is 1. The van der Waals surface area contributed by atoms with E-state index in [9.17, 15) is 19.2 Å². The van der Waals surface area contributed by atoms with Crippen LogP contribution in [0.15, 0.2) is 0 Å². The maximum atomic E-state index is 11.8. The number of ether oxygens (including phenoxy) is 1. The topological polar surface area (TPSA) is 114 Å². The van der Waals surface area contributed by atoms with Gasteiger partial charge in [0, 0.05) is 5.75 Å². The summed E-state index contributed by atoms with van der Waals surface area (Å²) in [5.41, 5.74) is 0. The summed E-state index contributed by atoms with van der Waals surface area (Å²) in [6, 6.07) is -1.15. The Labute approximate surface area is 140 Å². The lowest BCUT2D eigenvalue weighted by molar-refractivity contribution is -0.142. The average molecular weight is 347 g/mol. The number of thioether (sulfide) groups is 1. The molecule has 0 bridgehead atoms. The fourth-order valence-electron chi connectivity index (χ4n) is 1.38. The van der Waals surface area contributed by atoms with E-state index in [0.717, 1.165) is 11.8 Å². The first-order chi connectivity index (χ1) is 10.8. The number of hydrogen-bond donors (Lipinski definition) is 3. The third-order valence-electron chi connectivity index (χ3n) is 2.86. The summed E-state index contributed by atoms with van der Waals surface area (Å²) >= 11 is 0.955. The number of esters is 1. The van der Waals surface area contributed by atoms with Gasteiger partial charge in [-0.2, -0.15) is 0 Å². The van der Waals surface area contributed by atoms with E-state index in [1.807, 2.05) is 0 Å². The first-order valence-corrected chi connectivity index (χ1v) is 8.36. The fraction of sp³-hybridized carbons (Fsp3) is 0.714. The molecule has 0 heterocycles. The third-order valence-corrected chi connectivity index (χ3v) is 3.73. The van der Waals surface area contributed by atoms with E-state index in [0.29, 0.717) is 12.4 Å². The van der Waals surface area contributed by atoms with E-state index in [1.54, 1.807) is 20.9 Å². The second-order valence-electron chi connectivity index (χ2n) is 4.73. The van der Waals surface area contributed by atoms with Gasteiger partial charge >= 0.3 is 5.97 Å². The number of carbonyl (C=O) groups is 4.